The van der Waals surface area contributed by atoms with Crippen molar-refractivity contribution in [3.8, 4) is 0 Å². The first-order valence-corrected chi connectivity index (χ1v) is 5.80. The third-order valence-corrected chi connectivity index (χ3v) is 2.60. The molecular weight excluding hydrogens is 186 g/mol. The lowest BCUT2D eigenvalue weighted by Gasteiger charge is -2.11. The van der Waals surface area contributed by atoms with Gasteiger partial charge in [-0.2, -0.15) is 11.8 Å². The van der Waals surface area contributed by atoms with Crippen molar-refractivity contribution in [2.45, 2.75) is 13.0 Å². The molecule has 1 atom stereocenters. The SMILES string of the molecule is CCOCC(O)CSCCN(C)C. The number of aliphatic hydroxyl groups is 1. The van der Waals surface area contributed by atoms with Crippen LogP contribution >= 0.6 is 11.8 Å². The van der Waals surface area contributed by atoms with E-state index in [2.05, 4.69) is 19.0 Å². The van der Waals surface area contributed by atoms with E-state index in [9.17, 15) is 5.11 Å². The summed E-state index contributed by atoms with van der Waals surface area (Å²) in [5.41, 5.74) is 0. The number of nitrogens with zero attached hydrogens (tertiary/aromatic N) is 1. The summed E-state index contributed by atoms with van der Waals surface area (Å²) < 4.78 is 5.10. The largest absolute Gasteiger partial charge is 0.390 e. The van der Waals surface area contributed by atoms with Gasteiger partial charge in [-0.3, -0.25) is 0 Å². The van der Waals surface area contributed by atoms with Crippen LogP contribution in [0.4, 0.5) is 0 Å². The molecule has 0 saturated heterocycles. The summed E-state index contributed by atoms with van der Waals surface area (Å²) in [6.45, 7) is 4.14. The molecule has 0 aromatic rings. The number of hydrogen-bond donors (Lipinski definition) is 1. The maximum absolute atomic E-state index is 9.39. The molecule has 80 valence electrons. The Morgan fingerprint density at radius 1 is 1.46 bits per heavy atom. The Morgan fingerprint density at radius 2 is 2.15 bits per heavy atom. The van der Waals surface area contributed by atoms with E-state index in [1.54, 1.807) is 11.8 Å². The van der Waals surface area contributed by atoms with E-state index in [0.717, 1.165) is 18.1 Å². The highest BCUT2D eigenvalue weighted by Crippen LogP contribution is 2.03. The van der Waals surface area contributed by atoms with Crippen molar-refractivity contribution in [3.05, 3.63) is 0 Å². The molecule has 0 aromatic heterocycles. The summed E-state index contributed by atoms with van der Waals surface area (Å²) in [5.74, 6) is 1.84. The summed E-state index contributed by atoms with van der Waals surface area (Å²) in [4.78, 5) is 2.14. The summed E-state index contributed by atoms with van der Waals surface area (Å²) in [6.07, 6.45) is -0.313. The van der Waals surface area contributed by atoms with Crippen LogP contribution in [0.5, 0.6) is 0 Å². The van der Waals surface area contributed by atoms with Gasteiger partial charge in [0.25, 0.3) is 0 Å². The van der Waals surface area contributed by atoms with Crippen LogP contribution < -0.4 is 0 Å². The first kappa shape index (κ1) is 13.2. The molecule has 0 bridgehead atoms. The van der Waals surface area contributed by atoms with Crippen LogP contribution in [0, 0.1) is 0 Å². The van der Waals surface area contributed by atoms with Gasteiger partial charge in [-0.1, -0.05) is 0 Å². The molecule has 0 heterocycles. The molecule has 3 nitrogen and oxygen atoms in total. The van der Waals surface area contributed by atoms with Crippen LogP contribution in [0.2, 0.25) is 0 Å². The molecule has 0 aliphatic rings. The van der Waals surface area contributed by atoms with Crippen LogP contribution in [0.3, 0.4) is 0 Å². The molecule has 1 N–H and O–H groups in total. The third kappa shape index (κ3) is 10.1. The normalized spacial score (nSPS) is 13.6. The van der Waals surface area contributed by atoms with Crippen LogP contribution in [0.15, 0.2) is 0 Å². The standard InChI is InChI=1S/C9H21NO2S/c1-4-12-7-9(11)8-13-6-5-10(2)3/h9,11H,4-8H2,1-3H3. The third-order valence-electron chi connectivity index (χ3n) is 1.51. The highest BCUT2D eigenvalue weighted by Gasteiger charge is 2.03. The second kappa shape index (κ2) is 8.81. The average molecular weight is 207 g/mol. The van der Waals surface area contributed by atoms with Gasteiger partial charge in [-0.15, -0.1) is 0 Å². The Bertz CT molecular complexity index is 112. The highest BCUT2D eigenvalue weighted by molar-refractivity contribution is 7.99. The van der Waals surface area contributed by atoms with Gasteiger partial charge < -0.3 is 14.7 Å². The fourth-order valence-corrected chi connectivity index (χ4v) is 1.80. The second-order valence-electron chi connectivity index (χ2n) is 3.19. The zero-order valence-corrected chi connectivity index (χ0v) is 9.64. The summed E-state index contributed by atoms with van der Waals surface area (Å²) in [5, 5.41) is 9.39. The van der Waals surface area contributed by atoms with Gasteiger partial charge in [0.1, 0.15) is 0 Å². The number of aliphatic hydroxyl groups excluding tert-OH is 1. The lowest BCUT2D eigenvalue weighted by molar-refractivity contribution is 0.0551. The van der Waals surface area contributed by atoms with Gasteiger partial charge in [0.05, 0.1) is 12.7 Å². The Kier molecular flexibility index (Phi) is 8.97. The second-order valence-corrected chi connectivity index (χ2v) is 4.34. The van der Waals surface area contributed by atoms with Crippen LogP contribution in [0.1, 0.15) is 6.92 Å². The Morgan fingerprint density at radius 3 is 2.69 bits per heavy atom. The number of rotatable bonds is 8. The molecule has 13 heavy (non-hydrogen) atoms. The van der Waals surface area contributed by atoms with Gasteiger partial charge in [-0.05, 0) is 21.0 Å². The fraction of sp³-hybridized carbons (Fsp3) is 1.00. The van der Waals surface area contributed by atoms with E-state index in [-0.39, 0.29) is 6.10 Å². The Labute approximate surface area is 85.4 Å². The van der Waals surface area contributed by atoms with Gasteiger partial charge in [0.15, 0.2) is 0 Å². The molecule has 4 heteroatoms. The van der Waals surface area contributed by atoms with Crippen molar-refractivity contribution >= 4 is 11.8 Å². The van der Waals surface area contributed by atoms with Crippen molar-refractivity contribution in [1.82, 2.24) is 4.90 Å². The lowest BCUT2D eigenvalue weighted by atomic mass is 10.4. The molecule has 0 spiro atoms. The minimum Gasteiger partial charge on any atom is -0.390 e. The molecule has 1 unspecified atom stereocenters. The molecular formula is C9H21NO2S. The van der Waals surface area contributed by atoms with Crippen LogP contribution in [0.25, 0.3) is 0 Å². The lowest BCUT2D eigenvalue weighted by Crippen LogP contribution is -2.20. The van der Waals surface area contributed by atoms with Crippen LogP contribution in [-0.2, 0) is 4.74 Å². The summed E-state index contributed by atoms with van der Waals surface area (Å²) in [7, 11) is 4.11. The van der Waals surface area contributed by atoms with Gasteiger partial charge >= 0.3 is 0 Å². The van der Waals surface area contributed by atoms with Gasteiger partial charge in [0, 0.05) is 24.7 Å². The number of ether oxygens (including phenoxy) is 1. The Balaban J connectivity index is 3.12. The molecule has 0 rings (SSSR count). The van der Waals surface area contributed by atoms with E-state index < -0.39 is 0 Å². The zero-order valence-electron chi connectivity index (χ0n) is 8.82. The Hall–Kier alpha value is 0.230. The van der Waals surface area contributed by atoms with E-state index in [4.69, 9.17) is 4.74 Å². The predicted octanol–water partition coefficient (Wildman–Crippen LogP) is 0.679. The molecule has 0 aromatic carbocycles. The van der Waals surface area contributed by atoms with Crippen molar-refractivity contribution < 1.29 is 9.84 Å². The maximum Gasteiger partial charge on any atom is 0.0863 e. The molecule has 0 aliphatic carbocycles. The molecule has 0 saturated carbocycles. The monoisotopic (exact) mass is 207 g/mol. The topological polar surface area (TPSA) is 32.7 Å². The molecule has 0 amide bonds. The molecule has 0 radical (unpaired) electrons. The minimum atomic E-state index is -0.313. The average Bonchev–Trinajstić information content (AvgIpc) is 2.08. The van der Waals surface area contributed by atoms with Crippen molar-refractivity contribution in [3.63, 3.8) is 0 Å². The van der Waals surface area contributed by atoms with Crippen molar-refractivity contribution in [1.29, 1.82) is 0 Å². The summed E-state index contributed by atoms with van der Waals surface area (Å²) in [6, 6.07) is 0. The van der Waals surface area contributed by atoms with E-state index in [1.807, 2.05) is 6.92 Å². The first-order chi connectivity index (χ1) is 6.16. The molecule has 0 aliphatic heterocycles. The van der Waals surface area contributed by atoms with Gasteiger partial charge in [0.2, 0.25) is 0 Å². The van der Waals surface area contributed by atoms with E-state index in [1.165, 1.54) is 0 Å². The fourth-order valence-electron chi connectivity index (χ4n) is 0.768. The number of hydrogen-bond acceptors (Lipinski definition) is 4. The first-order valence-electron chi connectivity index (χ1n) is 4.65. The number of thioether (sulfide) groups is 1. The smallest absolute Gasteiger partial charge is 0.0863 e. The predicted molar refractivity (Wildman–Crippen MR) is 58.4 cm³/mol. The zero-order chi connectivity index (χ0) is 10.1. The van der Waals surface area contributed by atoms with Crippen molar-refractivity contribution in [2.24, 2.45) is 0 Å². The maximum atomic E-state index is 9.39. The highest BCUT2D eigenvalue weighted by atomic mass is 32.2. The quantitative estimate of drug-likeness (QED) is 0.593. The van der Waals surface area contributed by atoms with E-state index >= 15 is 0 Å². The molecule has 0 fully saturated rings. The van der Waals surface area contributed by atoms with Crippen LogP contribution in [-0.4, -0.2) is 61.5 Å². The van der Waals surface area contributed by atoms with Crippen molar-refractivity contribution in [2.75, 3.05) is 45.4 Å². The summed E-state index contributed by atoms with van der Waals surface area (Å²) >= 11 is 1.77. The van der Waals surface area contributed by atoms with E-state index in [0.29, 0.717) is 13.2 Å². The minimum absolute atomic E-state index is 0.313. The van der Waals surface area contributed by atoms with Gasteiger partial charge in [-0.25, -0.2) is 0 Å².